The van der Waals surface area contributed by atoms with E-state index < -0.39 is 0 Å². The first-order valence-corrected chi connectivity index (χ1v) is 5.95. The molecule has 0 fully saturated rings. The van der Waals surface area contributed by atoms with Crippen LogP contribution >= 0.6 is 0 Å². The van der Waals surface area contributed by atoms with Gasteiger partial charge in [-0.15, -0.1) is 0 Å². The van der Waals surface area contributed by atoms with Gasteiger partial charge in [-0.1, -0.05) is 6.07 Å². The van der Waals surface area contributed by atoms with Gasteiger partial charge in [0, 0.05) is 13.6 Å². The second kappa shape index (κ2) is 6.86. The Morgan fingerprint density at radius 3 is 2.83 bits per heavy atom. The lowest BCUT2D eigenvalue weighted by Crippen LogP contribution is -2.33. The molecule has 0 atom stereocenters. The van der Waals surface area contributed by atoms with Crippen LogP contribution in [0, 0.1) is 6.92 Å². The number of hydrogen-bond acceptors (Lipinski definition) is 3. The van der Waals surface area contributed by atoms with Crippen molar-refractivity contribution in [2.45, 2.75) is 13.8 Å². The highest BCUT2D eigenvalue weighted by atomic mass is 16.5. The lowest BCUT2D eigenvalue weighted by atomic mass is 10.2. The molecule has 0 saturated carbocycles. The van der Waals surface area contributed by atoms with E-state index in [4.69, 9.17) is 9.84 Å². The Labute approximate surface area is 107 Å². The van der Waals surface area contributed by atoms with Gasteiger partial charge in [-0.05, 0) is 31.5 Å². The van der Waals surface area contributed by atoms with Crippen molar-refractivity contribution in [2.75, 3.05) is 32.1 Å². The molecule has 5 nitrogen and oxygen atoms in total. The summed E-state index contributed by atoms with van der Waals surface area (Å²) in [7, 11) is 1.63. The van der Waals surface area contributed by atoms with Gasteiger partial charge in [0.05, 0.1) is 18.9 Å². The van der Waals surface area contributed by atoms with Crippen LogP contribution in [0.3, 0.4) is 0 Å². The van der Waals surface area contributed by atoms with Crippen molar-refractivity contribution in [2.24, 2.45) is 0 Å². The molecule has 2 amide bonds. The van der Waals surface area contributed by atoms with Gasteiger partial charge in [-0.3, -0.25) is 0 Å². The van der Waals surface area contributed by atoms with Crippen LogP contribution in [0.25, 0.3) is 0 Å². The topological polar surface area (TPSA) is 61.8 Å². The number of rotatable bonds is 5. The molecule has 1 rings (SSSR count). The number of hydrogen-bond donors (Lipinski definition) is 2. The van der Waals surface area contributed by atoms with E-state index in [1.807, 2.05) is 32.0 Å². The normalized spacial score (nSPS) is 10.0. The monoisotopic (exact) mass is 252 g/mol. The summed E-state index contributed by atoms with van der Waals surface area (Å²) in [6.07, 6.45) is 0. The highest BCUT2D eigenvalue weighted by molar-refractivity contribution is 5.90. The third kappa shape index (κ3) is 3.92. The van der Waals surface area contributed by atoms with Crippen LogP contribution in [-0.2, 0) is 0 Å². The van der Waals surface area contributed by atoms with Crippen molar-refractivity contribution in [3.63, 3.8) is 0 Å². The van der Waals surface area contributed by atoms with Crippen LogP contribution in [-0.4, -0.2) is 42.8 Å². The minimum atomic E-state index is -0.270. The molecule has 100 valence electrons. The highest BCUT2D eigenvalue weighted by Crippen LogP contribution is 2.25. The van der Waals surface area contributed by atoms with Gasteiger partial charge in [0.2, 0.25) is 0 Å². The fourth-order valence-corrected chi connectivity index (χ4v) is 1.47. The van der Waals surface area contributed by atoms with E-state index in [-0.39, 0.29) is 12.6 Å². The molecule has 18 heavy (non-hydrogen) atoms. The number of aliphatic hydroxyl groups is 1. The summed E-state index contributed by atoms with van der Waals surface area (Å²) in [5.41, 5.74) is 1.71. The smallest absolute Gasteiger partial charge is 0.321 e. The van der Waals surface area contributed by atoms with Gasteiger partial charge < -0.3 is 20.1 Å². The number of aliphatic hydroxyl groups excluding tert-OH is 1. The highest BCUT2D eigenvalue weighted by Gasteiger charge is 2.11. The van der Waals surface area contributed by atoms with E-state index in [1.165, 1.54) is 4.90 Å². The number of benzene rings is 1. The standard InChI is InChI=1S/C13H20N2O3/c1-4-18-12-9-10(2)5-6-11(12)14-13(17)15(3)7-8-16/h5-6,9,16H,4,7-8H2,1-3H3,(H,14,17). The van der Waals surface area contributed by atoms with Crippen molar-refractivity contribution in [3.8, 4) is 5.75 Å². The number of carbonyl (C=O) groups is 1. The maximum Gasteiger partial charge on any atom is 0.321 e. The Morgan fingerprint density at radius 1 is 1.50 bits per heavy atom. The Kier molecular flexibility index (Phi) is 5.45. The lowest BCUT2D eigenvalue weighted by Gasteiger charge is -2.18. The number of likely N-dealkylation sites (N-methyl/N-ethyl adjacent to an activating group) is 1. The summed E-state index contributed by atoms with van der Waals surface area (Å²) in [6.45, 7) is 4.63. The summed E-state index contributed by atoms with van der Waals surface area (Å²) < 4.78 is 5.48. The molecule has 0 aliphatic rings. The maximum atomic E-state index is 11.8. The molecule has 0 unspecified atom stereocenters. The molecule has 5 heteroatoms. The molecule has 0 bridgehead atoms. The average molecular weight is 252 g/mol. The number of nitrogens with zero attached hydrogens (tertiary/aromatic N) is 1. The molecule has 1 aromatic rings. The molecular weight excluding hydrogens is 232 g/mol. The van der Waals surface area contributed by atoms with Crippen molar-refractivity contribution in [1.29, 1.82) is 0 Å². The van der Waals surface area contributed by atoms with Crippen molar-refractivity contribution < 1.29 is 14.6 Å². The molecule has 2 N–H and O–H groups in total. The number of nitrogens with one attached hydrogen (secondary N) is 1. The molecule has 1 aromatic carbocycles. The molecule has 0 aromatic heterocycles. The Morgan fingerprint density at radius 2 is 2.22 bits per heavy atom. The second-order valence-electron chi connectivity index (χ2n) is 4.01. The van der Waals surface area contributed by atoms with Crippen molar-refractivity contribution in [1.82, 2.24) is 4.90 Å². The van der Waals surface area contributed by atoms with Gasteiger partial charge in [0.1, 0.15) is 5.75 Å². The summed E-state index contributed by atoms with van der Waals surface area (Å²) in [5.74, 6) is 0.656. The van der Waals surface area contributed by atoms with Crippen LogP contribution in [0.5, 0.6) is 5.75 Å². The number of anilines is 1. The lowest BCUT2D eigenvalue weighted by molar-refractivity contribution is 0.202. The number of amides is 2. The summed E-state index contributed by atoms with van der Waals surface area (Å²) in [6, 6.07) is 5.33. The predicted octanol–water partition coefficient (Wildman–Crippen LogP) is 1.85. The fourth-order valence-electron chi connectivity index (χ4n) is 1.47. The van der Waals surface area contributed by atoms with Gasteiger partial charge in [-0.25, -0.2) is 4.79 Å². The molecule has 0 aliphatic carbocycles. The summed E-state index contributed by atoms with van der Waals surface area (Å²) in [5, 5.41) is 11.5. The SMILES string of the molecule is CCOc1cc(C)ccc1NC(=O)N(C)CCO. The quantitative estimate of drug-likeness (QED) is 0.840. The third-order valence-electron chi connectivity index (χ3n) is 2.46. The van der Waals surface area contributed by atoms with E-state index in [2.05, 4.69) is 5.32 Å². The Balaban J connectivity index is 2.80. The van der Waals surface area contributed by atoms with E-state index in [0.29, 0.717) is 24.6 Å². The van der Waals surface area contributed by atoms with Gasteiger partial charge in [0.25, 0.3) is 0 Å². The van der Waals surface area contributed by atoms with Crippen LogP contribution in [0.15, 0.2) is 18.2 Å². The Bertz CT molecular complexity index is 407. The molecule has 0 spiro atoms. The largest absolute Gasteiger partial charge is 0.492 e. The zero-order chi connectivity index (χ0) is 13.5. The van der Waals surface area contributed by atoms with Crippen molar-refractivity contribution >= 4 is 11.7 Å². The molecular formula is C13H20N2O3. The molecule has 0 aliphatic heterocycles. The van der Waals surface area contributed by atoms with Gasteiger partial charge in [-0.2, -0.15) is 0 Å². The maximum absolute atomic E-state index is 11.8. The van der Waals surface area contributed by atoms with Crippen LogP contribution in [0.2, 0.25) is 0 Å². The van der Waals surface area contributed by atoms with E-state index in [9.17, 15) is 4.79 Å². The summed E-state index contributed by atoms with van der Waals surface area (Å²) >= 11 is 0. The van der Waals surface area contributed by atoms with Crippen LogP contribution < -0.4 is 10.1 Å². The van der Waals surface area contributed by atoms with Gasteiger partial charge >= 0.3 is 6.03 Å². The number of aryl methyl sites for hydroxylation is 1. The van der Waals surface area contributed by atoms with E-state index >= 15 is 0 Å². The van der Waals surface area contributed by atoms with E-state index in [0.717, 1.165) is 5.56 Å². The number of ether oxygens (including phenoxy) is 1. The fraction of sp³-hybridized carbons (Fsp3) is 0.462. The van der Waals surface area contributed by atoms with Gasteiger partial charge in [0.15, 0.2) is 0 Å². The molecule has 0 radical (unpaired) electrons. The minimum Gasteiger partial charge on any atom is -0.492 e. The zero-order valence-corrected chi connectivity index (χ0v) is 11.1. The predicted molar refractivity (Wildman–Crippen MR) is 71.1 cm³/mol. The average Bonchev–Trinajstić information content (AvgIpc) is 2.33. The summed E-state index contributed by atoms with van der Waals surface area (Å²) in [4.78, 5) is 13.2. The number of carbonyl (C=O) groups excluding carboxylic acids is 1. The number of urea groups is 1. The van der Waals surface area contributed by atoms with Crippen LogP contribution in [0.4, 0.5) is 10.5 Å². The van der Waals surface area contributed by atoms with Crippen LogP contribution in [0.1, 0.15) is 12.5 Å². The third-order valence-corrected chi connectivity index (χ3v) is 2.46. The minimum absolute atomic E-state index is 0.0594. The Hall–Kier alpha value is -1.75. The second-order valence-corrected chi connectivity index (χ2v) is 4.01. The zero-order valence-electron chi connectivity index (χ0n) is 11.1. The molecule has 0 saturated heterocycles. The first-order valence-electron chi connectivity index (χ1n) is 5.95. The first kappa shape index (κ1) is 14.3. The van der Waals surface area contributed by atoms with Crippen molar-refractivity contribution in [3.05, 3.63) is 23.8 Å². The first-order chi connectivity index (χ1) is 8.58. The van der Waals surface area contributed by atoms with E-state index in [1.54, 1.807) is 7.05 Å². The molecule has 0 heterocycles.